The van der Waals surface area contributed by atoms with Crippen molar-refractivity contribution in [3.8, 4) is 0 Å². The van der Waals surface area contributed by atoms with Crippen molar-refractivity contribution in [3.05, 3.63) is 0 Å². The number of rotatable bonds is 0. The summed E-state index contributed by atoms with van der Waals surface area (Å²) in [6, 6.07) is 0. The molecule has 0 heterocycles. The monoisotopic (exact) mass is 277 g/mol. The Morgan fingerprint density at radius 2 is 1.20 bits per heavy atom. The molecule has 0 spiro atoms. The molecular weight excluding hydrogens is 269 g/mol. The van der Waals surface area contributed by atoms with Gasteiger partial charge >= 0.3 is 23.9 Å². The summed E-state index contributed by atoms with van der Waals surface area (Å²) in [5.41, 5.74) is 0. The fourth-order valence-corrected chi connectivity index (χ4v) is 0. The van der Waals surface area contributed by atoms with Gasteiger partial charge in [0.25, 0.3) is 0 Å². The van der Waals surface area contributed by atoms with E-state index in [2.05, 4.69) is 7.44 Å². The summed E-state index contributed by atoms with van der Waals surface area (Å²) in [5, 5.41) is 0. The van der Waals surface area contributed by atoms with Crippen molar-refractivity contribution < 1.29 is 34.1 Å². The van der Waals surface area contributed by atoms with Gasteiger partial charge in [0.1, 0.15) is 0 Å². The van der Waals surface area contributed by atoms with E-state index in [1.165, 1.54) is 10.1 Å². The molecule has 0 aromatic rings. The van der Waals surface area contributed by atoms with Crippen LogP contribution in [0.3, 0.4) is 0 Å². The second-order valence-corrected chi connectivity index (χ2v) is 0. The predicted molar refractivity (Wildman–Crippen MR) is 27.0 cm³/mol. The zero-order valence-electron chi connectivity index (χ0n) is 3.45. The Labute approximate surface area is 74.9 Å². The summed E-state index contributed by atoms with van der Waals surface area (Å²) in [6.45, 7) is 0. The molecule has 0 aliphatic rings. The molecule has 0 fully saturated rings. The molecule has 33 valence electrons. The topological polar surface area (TPSA) is 0 Å². The zero-order valence-corrected chi connectivity index (χ0v) is 11.8. The van der Waals surface area contributed by atoms with Gasteiger partial charge in [0.2, 0.25) is 0 Å². The molecule has 0 bridgehead atoms. The van der Waals surface area contributed by atoms with Crippen LogP contribution >= 0.6 is 0 Å². The Hall–Kier alpha value is 2.12. The third-order valence-corrected chi connectivity index (χ3v) is 0. The van der Waals surface area contributed by atoms with E-state index in [1.54, 1.807) is 0 Å². The standard InChI is InChI=1S/BH5Si.Co.Cr.Sn.2H/c1-2;;;;;/h1H2,2H3;;;;;. The van der Waals surface area contributed by atoms with Gasteiger partial charge in [-0.3, -0.25) is 0 Å². The summed E-state index contributed by atoms with van der Waals surface area (Å²) in [5.74, 6) is 0. The number of hydrogen-bond donors (Lipinski definition) is 0. The first kappa shape index (κ1) is 27.4. The molecule has 0 aliphatic heterocycles. The van der Waals surface area contributed by atoms with Crippen LogP contribution in [0.25, 0.3) is 0 Å². The first-order valence-electron chi connectivity index (χ1n) is 1.00. The minimum atomic E-state index is 0. The molecule has 5 heavy (non-hydrogen) atoms. The minimum absolute atomic E-state index is 0. The van der Waals surface area contributed by atoms with Crippen molar-refractivity contribution in [1.29, 1.82) is 0 Å². The normalized spacial score (nSPS) is 1.60. The van der Waals surface area contributed by atoms with Gasteiger partial charge < -0.3 is 0 Å². The molecule has 0 rings (SSSR count). The molecule has 5 heteroatoms. The van der Waals surface area contributed by atoms with Gasteiger partial charge in [-0.25, -0.2) is 0 Å². The molecule has 0 saturated heterocycles. The van der Waals surface area contributed by atoms with Gasteiger partial charge in [-0.05, 0) is 10.1 Å². The first-order valence-corrected chi connectivity index (χ1v) is 3.00. The van der Waals surface area contributed by atoms with Gasteiger partial charge in [0.15, 0.2) is 0 Å². The summed E-state index contributed by atoms with van der Waals surface area (Å²) < 4.78 is 0. The van der Waals surface area contributed by atoms with Gasteiger partial charge in [-0.1, -0.05) is 0 Å². The van der Waals surface area contributed by atoms with Crippen molar-refractivity contribution in [2.24, 2.45) is 0 Å². The first-order chi connectivity index (χ1) is 1.00. The van der Waals surface area contributed by atoms with Crippen molar-refractivity contribution in [1.82, 2.24) is 0 Å². The maximum atomic E-state index is 2.14. The second-order valence-electron chi connectivity index (χ2n) is 0. The fraction of sp³-hybridized carbons (Fsp3) is 0. The summed E-state index contributed by atoms with van der Waals surface area (Å²) in [6.07, 6.45) is 0. The third-order valence-electron chi connectivity index (χ3n) is 0. The molecule has 3 radical (unpaired) electrons. The molecule has 0 aliphatic carbocycles. The van der Waals surface area contributed by atoms with E-state index in [0.717, 1.165) is 0 Å². The summed E-state index contributed by atoms with van der Waals surface area (Å²) in [7, 11) is 3.44. The average molecular weight is 276 g/mol. The maximum absolute atomic E-state index is 2.14. The van der Waals surface area contributed by atoms with Crippen molar-refractivity contribution in [3.63, 3.8) is 0 Å². The Morgan fingerprint density at radius 1 is 1.20 bits per heavy atom. The Morgan fingerprint density at radius 3 is 1.20 bits per heavy atom. The van der Waals surface area contributed by atoms with E-state index >= 15 is 0 Å². The SMILES string of the molecule is B[SiH3].[Co].[Cr].[SnH2]. The van der Waals surface area contributed by atoms with Crippen molar-refractivity contribution in [2.45, 2.75) is 0 Å². The zero-order chi connectivity index (χ0) is 2.00. The quantitative estimate of drug-likeness (QED) is 0.413. The second kappa shape index (κ2) is 35.7. The molecular formula is H7BCoCrSiSn. The van der Waals surface area contributed by atoms with Crippen LogP contribution in [0.1, 0.15) is 0 Å². The summed E-state index contributed by atoms with van der Waals surface area (Å²) >= 11 is 0. The van der Waals surface area contributed by atoms with E-state index in [4.69, 9.17) is 0 Å². The molecule has 0 N–H and O–H groups in total. The van der Waals surface area contributed by atoms with E-state index in [0.29, 0.717) is 0 Å². The number of hydrogen-bond acceptors (Lipinski definition) is 0. The Balaban J connectivity index is -0.00000000167. The van der Waals surface area contributed by atoms with Crippen LogP contribution in [0.4, 0.5) is 0 Å². The molecule has 0 aromatic carbocycles. The molecule has 0 nitrogen and oxygen atoms in total. The van der Waals surface area contributed by atoms with Crippen molar-refractivity contribution in [2.75, 3.05) is 0 Å². The van der Waals surface area contributed by atoms with Crippen LogP contribution in [-0.2, 0) is 34.1 Å². The molecule has 0 unspecified atom stereocenters. The van der Waals surface area contributed by atoms with E-state index < -0.39 is 0 Å². The van der Waals surface area contributed by atoms with Crippen LogP contribution in [0.2, 0.25) is 0 Å². The van der Waals surface area contributed by atoms with Crippen LogP contribution in [0, 0.1) is 0 Å². The van der Waals surface area contributed by atoms with Crippen LogP contribution in [0.5, 0.6) is 0 Å². The van der Waals surface area contributed by atoms with E-state index in [1.807, 2.05) is 0 Å². The third kappa shape index (κ3) is 23.1. The average Bonchev–Trinajstić information content (AvgIpc) is 1.00. The van der Waals surface area contributed by atoms with Gasteiger partial charge in [-0.2, -0.15) is 0 Å². The molecule has 0 aromatic heterocycles. The molecule has 0 saturated carbocycles. The van der Waals surface area contributed by atoms with Crippen molar-refractivity contribution >= 4 is 41.5 Å². The van der Waals surface area contributed by atoms with Gasteiger partial charge in [-0.15, -0.1) is 0 Å². The van der Waals surface area contributed by atoms with Gasteiger partial charge in [0, 0.05) is 34.1 Å². The van der Waals surface area contributed by atoms with Crippen LogP contribution in [-0.4, -0.2) is 41.5 Å². The van der Waals surface area contributed by atoms with Crippen LogP contribution < -0.4 is 0 Å². The van der Waals surface area contributed by atoms with Crippen LogP contribution in [0.15, 0.2) is 0 Å². The molecule has 0 amide bonds. The Bertz CT molecular complexity index is 11.6. The van der Waals surface area contributed by atoms with E-state index in [9.17, 15) is 0 Å². The Kier molecular flexibility index (Phi) is 196. The van der Waals surface area contributed by atoms with E-state index in [-0.39, 0.29) is 58.0 Å². The fourth-order valence-electron chi connectivity index (χ4n) is 0. The predicted octanol–water partition coefficient (Wildman–Crippen LogP) is -3.02. The van der Waals surface area contributed by atoms with Gasteiger partial charge in [0.05, 0.1) is 7.44 Å². The molecule has 0 atom stereocenters. The summed E-state index contributed by atoms with van der Waals surface area (Å²) in [4.78, 5) is 0.